The van der Waals surface area contributed by atoms with Gasteiger partial charge in [0, 0.05) is 49.8 Å². The van der Waals surface area contributed by atoms with E-state index in [-0.39, 0.29) is 24.0 Å². The molecule has 0 spiro atoms. The fraction of sp³-hybridized carbons (Fsp3) is 0.231. The number of aromatic amines is 1. The van der Waals surface area contributed by atoms with Crippen LogP contribution in [0.1, 0.15) is 15.9 Å². The number of carbonyl (C=O) groups is 2. The van der Waals surface area contributed by atoms with E-state index in [1.54, 1.807) is 11.0 Å². The number of halogens is 1. The molecule has 1 saturated heterocycles. The number of fused-ring (bicyclic) bond motifs is 1. The Morgan fingerprint density at radius 2 is 1.69 bits per heavy atom. The number of hydrogen-bond acceptors (Lipinski definition) is 6. The molecule has 0 saturated carbocycles. The maximum absolute atomic E-state index is 14.2. The van der Waals surface area contributed by atoms with Crippen LogP contribution in [0.4, 0.5) is 15.8 Å². The summed E-state index contributed by atoms with van der Waals surface area (Å²) >= 11 is 0. The van der Waals surface area contributed by atoms with Crippen LogP contribution < -0.4 is 21.1 Å². The summed E-state index contributed by atoms with van der Waals surface area (Å²) in [6.07, 6.45) is 2.05. The van der Waals surface area contributed by atoms with Gasteiger partial charge in [-0.3, -0.25) is 19.2 Å². The molecule has 1 amide bonds. The minimum absolute atomic E-state index is 0.00194. The van der Waals surface area contributed by atoms with E-state index in [4.69, 9.17) is 0 Å². The number of benzene rings is 2. The summed E-state index contributed by atoms with van der Waals surface area (Å²) in [5.41, 5.74) is 1.11. The molecule has 1 aliphatic rings. The molecule has 1 aromatic heterocycles. The summed E-state index contributed by atoms with van der Waals surface area (Å²) < 4.78 is 14.2. The van der Waals surface area contributed by atoms with Crippen molar-refractivity contribution in [3.63, 3.8) is 0 Å². The second kappa shape index (κ2) is 9.17. The van der Waals surface area contributed by atoms with Crippen LogP contribution in [0.15, 0.2) is 64.3 Å². The molecule has 4 aromatic rings. The average Bonchev–Trinajstić information content (AvgIpc) is 3.33. The first kappa shape index (κ1) is 22.5. The van der Waals surface area contributed by atoms with Crippen LogP contribution in [0, 0.1) is 5.82 Å². The first-order valence-electron chi connectivity index (χ1n) is 11.4. The molecule has 9 heteroatoms. The van der Waals surface area contributed by atoms with E-state index in [0.29, 0.717) is 42.9 Å². The monoisotopic (exact) mass is 474 g/mol. The standard InChI is InChI=1S/C26H23FN4O4/c27-18-7-4-8-19-20(18)17(15-29-19)23(32)26(35)31-13-11-30(12-14-31)22-21(24(33)25(22)34)28-10-9-16-5-2-1-3-6-16/h1-8,15,28-29H,9-14H2. The van der Waals surface area contributed by atoms with Gasteiger partial charge in [0.1, 0.15) is 17.2 Å². The zero-order valence-electron chi connectivity index (χ0n) is 18.8. The van der Waals surface area contributed by atoms with Crippen LogP contribution >= 0.6 is 0 Å². The average molecular weight is 474 g/mol. The highest BCUT2D eigenvalue weighted by molar-refractivity contribution is 6.44. The van der Waals surface area contributed by atoms with Crippen molar-refractivity contribution < 1.29 is 14.0 Å². The van der Waals surface area contributed by atoms with Crippen LogP contribution in [-0.2, 0) is 11.2 Å². The largest absolute Gasteiger partial charge is 0.380 e. The van der Waals surface area contributed by atoms with Crippen molar-refractivity contribution >= 4 is 34.0 Å². The highest BCUT2D eigenvalue weighted by Crippen LogP contribution is 2.24. The van der Waals surface area contributed by atoms with Gasteiger partial charge in [0.05, 0.1) is 5.56 Å². The Morgan fingerprint density at radius 1 is 0.943 bits per heavy atom. The number of aromatic nitrogens is 1. The van der Waals surface area contributed by atoms with Gasteiger partial charge in [-0.25, -0.2) is 4.39 Å². The van der Waals surface area contributed by atoms with E-state index in [1.165, 1.54) is 23.2 Å². The predicted molar refractivity (Wildman–Crippen MR) is 131 cm³/mol. The van der Waals surface area contributed by atoms with Crippen molar-refractivity contribution in [1.82, 2.24) is 9.88 Å². The molecular formula is C26H23FN4O4. The summed E-state index contributed by atoms with van der Waals surface area (Å²) in [6.45, 7) is 1.53. The first-order valence-corrected chi connectivity index (χ1v) is 11.4. The number of ketones is 1. The Kier molecular flexibility index (Phi) is 5.90. The number of carbonyl (C=O) groups excluding carboxylic acids is 2. The van der Waals surface area contributed by atoms with E-state index in [9.17, 15) is 23.6 Å². The smallest absolute Gasteiger partial charge is 0.295 e. The van der Waals surface area contributed by atoms with E-state index < -0.39 is 28.4 Å². The predicted octanol–water partition coefficient (Wildman–Crippen LogP) is 2.09. The maximum atomic E-state index is 14.2. The van der Waals surface area contributed by atoms with Gasteiger partial charge < -0.3 is 20.1 Å². The number of amides is 1. The lowest BCUT2D eigenvalue weighted by Crippen LogP contribution is -2.54. The number of rotatable bonds is 7. The molecule has 8 nitrogen and oxygen atoms in total. The van der Waals surface area contributed by atoms with Crippen LogP contribution in [0.2, 0.25) is 0 Å². The Bertz CT molecular complexity index is 1480. The van der Waals surface area contributed by atoms with Crippen molar-refractivity contribution in [3.05, 3.63) is 92.1 Å². The number of Topliss-reactive ketones (excluding diaryl/α,β-unsaturated/α-hetero) is 1. The molecule has 5 rings (SSSR count). The lowest BCUT2D eigenvalue weighted by atomic mass is 10.1. The molecule has 2 heterocycles. The second-order valence-corrected chi connectivity index (χ2v) is 8.52. The number of nitrogens with one attached hydrogen (secondary N) is 2. The van der Waals surface area contributed by atoms with Gasteiger partial charge >= 0.3 is 0 Å². The summed E-state index contributed by atoms with van der Waals surface area (Å²) in [4.78, 5) is 56.1. The van der Waals surface area contributed by atoms with Crippen molar-refractivity contribution in [2.75, 3.05) is 42.9 Å². The van der Waals surface area contributed by atoms with E-state index in [1.807, 2.05) is 30.3 Å². The minimum atomic E-state index is -0.785. The molecule has 0 bridgehead atoms. The quantitative estimate of drug-likeness (QED) is 0.314. The fourth-order valence-corrected chi connectivity index (χ4v) is 4.53. The molecular weight excluding hydrogens is 451 g/mol. The Balaban J connectivity index is 1.22. The van der Waals surface area contributed by atoms with Crippen molar-refractivity contribution in [3.8, 4) is 0 Å². The molecule has 0 radical (unpaired) electrons. The molecule has 2 N–H and O–H groups in total. The molecule has 1 aliphatic heterocycles. The number of hydrogen-bond donors (Lipinski definition) is 2. The van der Waals surface area contributed by atoms with Crippen LogP contribution in [0.5, 0.6) is 0 Å². The number of anilines is 2. The van der Waals surface area contributed by atoms with Crippen LogP contribution in [-0.4, -0.2) is 54.3 Å². The number of piperazine rings is 1. The first-order chi connectivity index (χ1) is 17.0. The Labute approximate surface area is 199 Å². The molecule has 178 valence electrons. The van der Waals surface area contributed by atoms with Crippen LogP contribution in [0.3, 0.4) is 0 Å². The minimum Gasteiger partial charge on any atom is -0.380 e. The van der Waals surface area contributed by atoms with Crippen molar-refractivity contribution in [1.29, 1.82) is 0 Å². The second-order valence-electron chi connectivity index (χ2n) is 8.52. The number of nitrogens with zero attached hydrogens (tertiary/aromatic N) is 2. The maximum Gasteiger partial charge on any atom is 0.295 e. The molecule has 35 heavy (non-hydrogen) atoms. The molecule has 1 fully saturated rings. The van der Waals surface area contributed by atoms with Crippen molar-refractivity contribution in [2.24, 2.45) is 0 Å². The third kappa shape index (κ3) is 4.09. The Morgan fingerprint density at radius 3 is 2.43 bits per heavy atom. The summed E-state index contributed by atoms with van der Waals surface area (Å²) in [5.74, 6) is -2.08. The zero-order valence-corrected chi connectivity index (χ0v) is 18.8. The summed E-state index contributed by atoms with van der Waals surface area (Å²) in [6, 6.07) is 14.2. The normalized spacial score (nSPS) is 14.0. The van der Waals surface area contributed by atoms with E-state index in [2.05, 4.69) is 10.3 Å². The molecule has 0 aliphatic carbocycles. The summed E-state index contributed by atoms with van der Waals surface area (Å²) in [5, 5.41) is 3.18. The Hall–Kier alpha value is -4.27. The van der Waals surface area contributed by atoms with Gasteiger partial charge in [0.2, 0.25) is 0 Å². The third-order valence-electron chi connectivity index (χ3n) is 6.42. The SMILES string of the molecule is O=C(C(=O)N1CCN(c2c(NCCc3ccccc3)c(=O)c2=O)CC1)c1c[nH]c2cccc(F)c12. The molecule has 0 atom stereocenters. The van der Waals surface area contributed by atoms with Gasteiger partial charge in [0.15, 0.2) is 0 Å². The molecule has 0 unspecified atom stereocenters. The highest BCUT2D eigenvalue weighted by Gasteiger charge is 2.32. The summed E-state index contributed by atoms with van der Waals surface area (Å²) in [7, 11) is 0. The third-order valence-corrected chi connectivity index (χ3v) is 6.42. The van der Waals surface area contributed by atoms with Gasteiger partial charge in [-0.1, -0.05) is 36.4 Å². The highest BCUT2D eigenvalue weighted by atomic mass is 19.1. The number of H-pyrrole nitrogens is 1. The lowest BCUT2D eigenvalue weighted by molar-refractivity contribution is -0.126. The van der Waals surface area contributed by atoms with Gasteiger partial charge in [-0.05, 0) is 24.1 Å². The fourth-order valence-electron chi connectivity index (χ4n) is 4.53. The van der Waals surface area contributed by atoms with Gasteiger partial charge in [-0.2, -0.15) is 0 Å². The van der Waals surface area contributed by atoms with Gasteiger partial charge in [-0.15, -0.1) is 0 Å². The van der Waals surface area contributed by atoms with E-state index in [0.717, 1.165) is 5.56 Å². The van der Waals surface area contributed by atoms with Gasteiger partial charge in [0.25, 0.3) is 22.5 Å². The van der Waals surface area contributed by atoms with E-state index >= 15 is 0 Å². The molecule has 3 aromatic carbocycles. The lowest BCUT2D eigenvalue weighted by Gasteiger charge is -2.36. The zero-order chi connectivity index (χ0) is 24.5. The van der Waals surface area contributed by atoms with Crippen molar-refractivity contribution in [2.45, 2.75) is 6.42 Å². The van der Waals surface area contributed by atoms with Crippen LogP contribution in [0.25, 0.3) is 10.9 Å². The topological polar surface area (TPSA) is 103 Å².